The summed E-state index contributed by atoms with van der Waals surface area (Å²) in [5, 5.41) is 2.65. The van der Waals surface area contributed by atoms with Crippen LogP contribution < -0.4 is 11.1 Å². The first-order valence-corrected chi connectivity index (χ1v) is 9.41. The van der Waals surface area contributed by atoms with Gasteiger partial charge in [0.05, 0.1) is 12.7 Å². The van der Waals surface area contributed by atoms with Gasteiger partial charge in [0, 0.05) is 12.0 Å². The number of primary amides is 1. The minimum absolute atomic E-state index is 0.239. The third kappa shape index (κ3) is 5.11. The maximum Gasteiger partial charge on any atom is 0.337 e. The molecule has 6 heteroatoms. The topological polar surface area (TPSA) is 98.5 Å². The molecule has 0 aromatic heterocycles. The first-order chi connectivity index (χ1) is 14.5. The molecule has 0 bridgehead atoms. The number of benzene rings is 3. The largest absolute Gasteiger partial charge is 0.465 e. The second-order valence-electron chi connectivity index (χ2n) is 6.77. The number of carbonyl (C=O) groups excluding carboxylic acids is 3. The summed E-state index contributed by atoms with van der Waals surface area (Å²) in [5.74, 6) is -1.68. The summed E-state index contributed by atoms with van der Waals surface area (Å²) >= 11 is 0. The van der Waals surface area contributed by atoms with Gasteiger partial charge in [-0.05, 0) is 34.9 Å². The molecule has 3 aromatic rings. The second kappa shape index (κ2) is 9.52. The molecule has 0 aliphatic heterocycles. The van der Waals surface area contributed by atoms with Crippen LogP contribution in [0.5, 0.6) is 0 Å². The fraction of sp³-hybridized carbons (Fsp3) is 0.125. The van der Waals surface area contributed by atoms with Crippen molar-refractivity contribution in [2.75, 3.05) is 7.11 Å². The van der Waals surface area contributed by atoms with Crippen molar-refractivity contribution in [3.05, 3.63) is 95.6 Å². The summed E-state index contributed by atoms with van der Waals surface area (Å²) in [6.07, 6.45) is 0.257. The highest BCUT2D eigenvalue weighted by Crippen LogP contribution is 2.19. The molecule has 0 heterocycles. The summed E-state index contributed by atoms with van der Waals surface area (Å²) in [4.78, 5) is 36.2. The van der Waals surface area contributed by atoms with Crippen LogP contribution in [0.3, 0.4) is 0 Å². The van der Waals surface area contributed by atoms with Gasteiger partial charge < -0.3 is 15.8 Å². The van der Waals surface area contributed by atoms with Gasteiger partial charge >= 0.3 is 5.97 Å². The highest BCUT2D eigenvalue weighted by Gasteiger charge is 2.20. The van der Waals surface area contributed by atoms with Crippen LogP contribution in [0, 0.1) is 0 Å². The summed E-state index contributed by atoms with van der Waals surface area (Å²) in [6, 6.07) is 22.9. The summed E-state index contributed by atoms with van der Waals surface area (Å²) in [6.45, 7) is 0. The van der Waals surface area contributed by atoms with Crippen LogP contribution in [0.2, 0.25) is 0 Å². The Kier molecular flexibility index (Phi) is 6.60. The number of hydrogen-bond acceptors (Lipinski definition) is 4. The van der Waals surface area contributed by atoms with E-state index in [0.717, 1.165) is 16.7 Å². The number of ether oxygens (including phenoxy) is 1. The van der Waals surface area contributed by atoms with Crippen LogP contribution in [0.15, 0.2) is 78.9 Å². The molecule has 0 unspecified atom stereocenters. The first kappa shape index (κ1) is 20.8. The quantitative estimate of drug-likeness (QED) is 0.594. The van der Waals surface area contributed by atoms with E-state index in [0.29, 0.717) is 0 Å². The van der Waals surface area contributed by atoms with Gasteiger partial charge in [0.1, 0.15) is 6.04 Å². The van der Waals surface area contributed by atoms with Crippen LogP contribution in [0.25, 0.3) is 11.1 Å². The van der Waals surface area contributed by atoms with Crippen molar-refractivity contribution in [1.82, 2.24) is 5.32 Å². The first-order valence-electron chi connectivity index (χ1n) is 9.41. The zero-order chi connectivity index (χ0) is 21.5. The van der Waals surface area contributed by atoms with Gasteiger partial charge in [0.2, 0.25) is 5.91 Å². The normalized spacial score (nSPS) is 11.4. The van der Waals surface area contributed by atoms with Gasteiger partial charge in [0.15, 0.2) is 0 Å². The minimum Gasteiger partial charge on any atom is -0.465 e. The van der Waals surface area contributed by atoms with Crippen molar-refractivity contribution in [3.8, 4) is 11.1 Å². The number of amides is 2. The molecule has 2 amide bonds. The van der Waals surface area contributed by atoms with E-state index in [4.69, 9.17) is 5.73 Å². The lowest BCUT2D eigenvalue weighted by Gasteiger charge is -2.16. The summed E-state index contributed by atoms with van der Waals surface area (Å²) in [5.41, 5.74) is 9.00. The Morgan fingerprint density at radius 3 is 2.13 bits per heavy atom. The number of esters is 1. The maximum absolute atomic E-state index is 12.6. The SMILES string of the molecule is COC(=O)c1cccc(C(=O)N[C@H](Cc2ccc(-c3ccccc3)cc2)C(N)=O)c1. The van der Waals surface area contributed by atoms with E-state index in [-0.39, 0.29) is 17.5 Å². The van der Waals surface area contributed by atoms with E-state index < -0.39 is 23.8 Å². The zero-order valence-electron chi connectivity index (χ0n) is 16.5. The fourth-order valence-corrected chi connectivity index (χ4v) is 3.07. The molecular formula is C24H22N2O4. The van der Waals surface area contributed by atoms with E-state index >= 15 is 0 Å². The Bertz CT molecular complexity index is 1050. The van der Waals surface area contributed by atoms with Gasteiger partial charge in [-0.25, -0.2) is 4.79 Å². The molecule has 3 rings (SSSR count). The Morgan fingerprint density at radius 1 is 0.867 bits per heavy atom. The molecule has 152 valence electrons. The predicted molar refractivity (Wildman–Crippen MR) is 114 cm³/mol. The average Bonchev–Trinajstić information content (AvgIpc) is 2.79. The van der Waals surface area contributed by atoms with Gasteiger partial charge in [0.25, 0.3) is 5.91 Å². The number of carbonyl (C=O) groups is 3. The third-order valence-electron chi connectivity index (χ3n) is 4.70. The predicted octanol–water partition coefficient (Wildman–Crippen LogP) is 2.97. The summed E-state index contributed by atoms with van der Waals surface area (Å²) < 4.78 is 4.67. The van der Waals surface area contributed by atoms with E-state index in [1.54, 1.807) is 18.2 Å². The van der Waals surface area contributed by atoms with Crippen LogP contribution in [0.4, 0.5) is 0 Å². The number of nitrogens with two attached hydrogens (primary N) is 1. The molecule has 0 aliphatic rings. The molecule has 0 aliphatic carbocycles. The molecule has 0 spiro atoms. The van der Waals surface area contributed by atoms with Gasteiger partial charge in [-0.15, -0.1) is 0 Å². The van der Waals surface area contributed by atoms with E-state index in [1.165, 1.54) is 13.2 Å². The smallest absolute Gasteiger partial charge is 0.337 e. The van der Waals surface area contributed by atoms with Gasteiger partial charge in [-0.1, -0.05) is 60.7 Å². The van der Waals surface area contributed by atoms with E-state index in [1.807, 2.05) is 54.6 Å². The highest BCUT2D eigenvalue weighted by atomic mass is 16.5. The fourth-order valence-electron chi connectivity index (χ4n) is 3.07. The molecule has 30 heavy (non-hydrogen) atoms. The Morgan fingerprint density at radius 2 is 1.50 bits per heavy atom. The maximum atomic E-state index is 12.6. The number of rotatable bonds is 7. The van der Waals surface area contributed by atoms with E-state index in [2.05, 4.69) is 10.1 Å². The molecular weight excluding hydrogens is 380 g/mol. The Labute approximate surface area is 174 Å². The van der Waals surface area contributed by atoms with Crippen LogP contribution in [-0.2, 0) is 16.0 Å². The monoisotopic (exact) mass is 402 g/mol. The number of methoxy groups -OCH3 is 1. The van der Waals surface area contributed by atoms with Gasteiger partial charge in [-0.2, -0.15) is 0 Å². The van der Waals surface area contributed by atoms with Crippen molar-refractivity contribution in [2.24, 2.45) is 5.73 Å². The lowest BCUT2D eigenvalue weighted by atomic mass is 10.00. The zero-order valence-corrected chi connectivity index (χ0v) is 16.5. The van der Waals surface area contributed by atoms with Crippen molar-refractivity contribution < 1.29 is 19.1 Å². The molecule has 0 fully saturated rings. The molecule has 3 N–H and O–H groups in total. The molecule has 1 atom stereocenters. The minimum atomic E-state index is -0.887. The van der Waals surface area contributed by atoms with Crippen LogP contribution in [-0.4, -0.2) is 30.9 Å². The molecule has 6 nitrogen and oxygen atoms in total. The van der Waals surface area contributed by atoms with Crippen LogP contribution >= 0.6 is 0 Å². The average molecular weight is 402 g/mol. The van der Waals surface area contributed by atoms with Crippen molar-refractivity contribution >= 4 is 17.8 Å². The lowest BCUT2D eigenvalue weighted by Crippen LogP contribution is -2.45. The van der Waals surface area contributed by atoms with Crippen molar-refractivity contribution in [3.63, 3.8) is 0 Å². The molecule has 3 aromatic carbocycles. The van der Waals surface area contributed by atoms with E-state index in [9.17, 15) is 14.4 Å². The van der Waals surface area contributed by atoms with Crippen LogP contribution in [0.1, 0.15) is 26.3 Å². The standard InChI is InChI=1S/C24H22N2O4/c1-30-24(29)20-9-5-8-19(15-20)23(28)26-21(22(25)27)14-16-10-12-18(13-11-16)17-6-3-2-4-7-17/h2-13,15,21H,14H2,1H3,(H2,25,27)(H,26,28)/t21-/m1/s1. The molecule has 0 saturated carbocycles. The number of hydrogen-bond donors (Lipinski definition) is 2. The molecule has 0 radical (unpaired) electrons. The van der Waals surface area contributed by atoms with Crippen molar-refractivity contribution in [2.45, 2.75) is 12.5 Å². The number of nitrogens with one attached hydrogen (secondary N) is 1. The Hall–Kier alpha value is -3.93. The third-order valence-corrected chi connectivity index (χ3v) is 4.70. The van der Waals surface area contributed by atoms with Crippen molar-refractivity contribution in [1.29, 1.82) is 0 Å². The molecule has 0 saturated heterocycles. The Balaban J connectivity index is 1.71. The summed E-state index contributed by atoms with van der Waals surface area (Å²) in [7, 11) is 1.27. The van der Waals surface area contributed by atoms with Gasteiger partial charge in [-0.3, -0.25) is 9.59 Å². The lowest BCUT2D eigenvalue weighted by molar-refractivity contribution is -0.119. The highest BCUT2D eigenvalue weighted by molar-refractivity contribution is 5.99. The second-order valence-corrected chi connectivity index (χ2v) is 6.77.